The van der Waals surface area contributed by atoms with Crippen molar-refractivity contribution >= 4 is 44.9 Å². The fraction of sp³-hybridized carbons (Fsp3) is 0.143. The van der Waals surface area contributed by atoms with Crippen molar-refractivity contribution in [1.82, 2.24) is 0 Å². The minimum absolute atomic E-state index is 0.0636. The second kappa shape index (κ2) is 4.24. The first kappa shape index (κ1) is 12.1. The Morgan fingerprint density at radius 3 is 2.00 bits per heavy atom. The van der Waals surface area contributed by atoms with E-state index in [1.165, 1.54) is 24.3 Å². The van der Waals surface area contributed by atoms with E-state index in [0.29, 0.717) is 0 Å². The Kier molecular flexibility index (Phi) is 3.66. The van der Waals surface area contributed by atoms with Gasteiger partial charge >= 0.3 is 14.1 Å². The third kappa shape index (κ3) is 3.63. The summed E-state index contributed by atoms with van der Waals surface area (Å²) < 4.78 is 24.7. The van der Waals surface area contributed by atoms with Gasteiger partial charge < -0.3 is 0 Å². The second-order valence-corrected chi connectivity index (χ2v) is 6.02. The molecule has 0 aromatic heterocycles. The van der Waals surface area contributed by atoms with Crippen LogP contribution in [-0.4, -0.2) is 12.4 Å². The van der Waals surface area contributed by atoms with Gasteiger partial charge in [0.2, 0.25) is 0 Å². The molecule has 0 radical (unpaired) electrons. The Bertz CT molecular complexity index is 396. The van der Waals surface area contributed by atoms with Crippen LogP contribution in [0.25, 0.3) is 0 Å². The zero-order valence-electron chi connectivity index (χ0n) is 6.65. The lowest BCUT2D eigenvalue weighted by molar-refractivity contribution is 0.321. The first-order valence-corrected chi connectivity index (χ1v) is 5.93. The van der Waals surface area contributed by atoms with Crippen molar-refractivity contribution in [2.24, 2.45) is 0 Å². The molecule has 0 aliphatic heterocycles. The molecular formula is C7H5Cl3O3S. The van der Waals surface area contributed by atoms with E-state index in [9.17, 15) is 8.42 Å². The van der Waals surface area contributed by atoms with Crippen LogP contribution in [-0.2, 0) is 14.3 Å². The molecule has 14 heavy (non-hydrogen) atoms. The maximum absolute atomic E-state index is 11.4. The number of benzene rings is 1. The van der Waals surface area contributed by atoms with Gasteiger partial charge in [-0.1, -0.05) is 53.0 Å². The Morgan fingerprint density at radius 1 is 1.07 bits per heavy atom. The van der Waals surface area contributed by atoms with Gasteiger partial charge in [-0.3, -0.25) is 0 Å². The maximum Gasteiger partial charge on any atom is 0.312 e. The van der Waals surface area contributed by atoms with Crippen molar-refractivity contribution in [2.45, 2.75) is 8.87 Å². The summed E-state index contributed by atoms with van der Waals surface area (Å²) in [6.07, 6.45) is 0. The van der Waals surface area contributed by atoms with E-state index in [0.717, 1.165) is 0 Å². The lowest BCUT2D eigenvalue weighted by atomic mass is 10.4. The van der Waals surface area contributed by atoms with Crippen LogP contribution in [0.4, 0.5) is 0 Å². The molecule has 0 saturated carbocycles. The summed E-state index contributed by atoms with van der Waals surface area (Å²) >= 11 is 15.6. The van der Waals surface area contributed by atoms with Crippen molar-refractivity contribution < 1.29 is 12.6 Å². The summed E-state index contributed by atoms with van der Waals surface area (Å²) in [5.74, 6) is 0. The van der Waals surface area contributed by atoms with Gasteiger partial charge in [-0.25, -0.2) is 4.18 Å². The SMILES string of the molecule is O=S(=O)(OC(Cl)(Cl)Cl)c1ccccc1. The van der Waals surface area contributed by atoms with Crippen LogP contribution in [0.15, 0.2) is 35.2 Å². The molecule has 0 heterocycles. The molecule has 0 amide bonds. The number of rotatable bonds is 2. The van der Waals surface area contributed by atoms with Gasteiger partial charge in [0.25, 0.3) is 0 Å². The molecule has 1 rings (SSSR count). The van der Waals surface area contributed by atoms with Crippen LogP contribution in [0, 0.1) is 0 Å². The van der Waals surface area contributed by atoms with Gasteiger partial charge in [-0.15, -0.1) is 0 Å². The summed E-state index contributed by atoms with van der Waals surface area (Å²) in [6.45, 7) is 0. The fourth-order valence-corrected chi connectivity index (χ4v) is 2.34. The molecule has 0 bridgehead atoms. The largest absolute Gasteiger partial charge is 0.312 e. The van der Waals surface area contributed by atoms with Gasteiger partial charge in [-0.05, 0) is 12.1 Å². The monoisotopic (exact) mass is 274 g/mol. The highest BCUT2D eigenvalue weighted by Gasteiger charge is 2.30. The lowest BCUT2D eigenvalue weighted by Gasteiger charge is -2.11. The minimum Gasteiger partial charge on any atom is -0.212 e. The Balaban J connectivity index is 2.99. The second-order valence-electron chi connectivity index (χ2n) is 2.30. The standard InChI is InChI=1S/C7H5Cl3O3S/c8-7(9,10)13-14(11,12)6-4-2-1-3-5-6/h1-5H. The van der Waals surface area contributed by atoms with E-state index in [1.54, 1.807) is 6.07 Å². The van der Waals surface area contributed by atoms with Crippen LogP contribution < -0.4 is 0 Å². The van der Waals surface area contributed by atoms with E-state index in [2.05, 4.69) is 4.18 Å². The van der Waals surface area contributed by atoms with Crippen molar-refractivity contribution in [1.29, 1.82) is 0 Å². The maximum atomic E-state index is 11.4. The molecule has 1 aromatic rings. The zero-order chi connectivity index (χ0) is 10.8. The van der Waals surface area contributed by atoms with E-state index in [1.807, 2.05) is 0 Å². The number of hydrogen-bond acceptors (Lipinski definition) is 3. The Labute approximate surface area is 96.7 Å². The summed E-state index contributed by atoms with van der Waals surface area (Å²) in [5, 5.41) is 0. The predicted octanol–water partition coefficient (Wildman–Crippen LogP) is 2.72. The lowest BCUT2D eigenvalue weighted by Crippen LogP contribution is -2.16. The smallest absolute Gasteiger partial charge is 0.212 e. The van der Waals surface area contributed by atoms with E-state index >= 15 is 0 Å². The Morgan fingerprint density at radius 2 is 1.57 bits per heavy atom. The van der Waals surface area contributed by atoms with Crippen LogP contribution in [0.3, 0.4) is 0 Å². The highest BCUT2D eigenvalue weighted by atomic mass is 35.6. The van der Waals surface area contributed by atoms with Crippen LogP contribution in [0.2, 0.25) is 0 Å². The van der Waals surface area contributed by atoms with Crippen molar-refractivity contribution in [3.63, 3.8) is 0 Å². The third-order valence-corrected chi connectivity index (χ3v) is 3.06. The van der Waals surface area contributed by atoms with Crippen molar-refractivity contribution in [2.75, 3.05) is 0 Å². The van der Waals surface area contributed by atoms with Gasteiger partial charge in [0.15, 0.2) is 0 Å². The van der Waals surface area contributed by atoms with Crippen LogP contribution >= 0.6 is 34.8 Å². The van der Waals surface area contributed by atoms with Crippen LogP contribution in [0.5, 0.6) is 0 Å². The first-order chi connectivity index (χ1) is 6.31. The van der Waals surface area contributed by atoms with E-state index in [-0.39, 0.29) is 4.90 Å². The molecule has 0 N–H and O–H groups in total. The van der Waals surface area contributed by atoms with Crippen LogP contribution in [0.1, 0.15) is 0 Å². The zero-order valence-corrected chi connectivity index (χ0v) is 9.74. The Hall–Kier alpha value is -0.000000000000000222. The highest BCUT2D eigenvalue weighted by molar-refractivity contribution is 7.87. The molecule has 0 aliphatic rings. The molecule has 3 nitrogen and oxygen atoms in total. The van der Waals surface area contributed by atoms with Crippen molar-refractivity contribution in [3.05, 3.63) is 30.3 Å². The van der Waals surface area contributed by atoms with Gasteiger partial charge in [0.05, 0.1) is 4.90 Å². The van der Waals surface area contributed by atoms with Gasteiger partial charge in [-0.2, -0.15) is 8.42 Å². The number of halogens is 3. The topological polar surface area (TPSA) is 43.4 Å². The van der Waals surface area contributed by atoms with E-state index in [4.69, 9.17) is 34.8 Å². The van der Waals surface area contributed by atoms with Gasteiger partial charge in [0.1, 0.15) is 0 Å². The quantitative estimate of drug-likeness (QED) is 0.616. The fourth-order valence-electron chi connectivity index (χ4n) is 0.760. The summed E-state index contributed by atoms with van der Waals surface area (Å²) in [4.78, 5) is -0.0636. The predicted molar refractivity (Wildman–Crippen MR) is 55.0 cm³/mol. The summed E-state index contributed by atoms with van der Waals surface area (Å²) in [6, 6.07) is 7.41. The molecule has 0 aliphatic carbocycles. The molecule has 0 saturated heterocycles. The highest BCUT2D eigenvalue weighted by Crippen LogP contribution is 2.31. The number of alkyl halides is 3. The van der Waals surface area contributed by atoms with E-state index < -0.39 is 14.1 Å². The molecule has 0 fully saturated rings. The normalized spacial score (nSPS) is 12.8. The molecule has 1 aromatic carbocycles. The molecule has 0 spiro atoms. The first-order valence-electron chi connectivity index (χ1n) is 3.39. The third-order valence-electron chi connectivity index (χ3n) is 1.24. The minimum atomic E-state index is -4.01. The molecular weight excluding hydrogens is 270 g/mol. The molecule has 0 unspecified atom stereocenters. The molecule has 7 heteroatoms. The van der Waals surface area contributed by atoms with Crippen molar-refractivity contribution in [3.8, 4) is 0 Å². The summed E-state index contributed by atoms with van der Waals surface area (Å²) in [5.41, 5.74) is 0. The average molecular weight is 276 g/mol. The average Bonchev–Trinajstić information content (AvgIpc) is 2.01. The molecule has 78 valence electrons. The number of hydrogen-bond donors (Lipinski definition) is 0. The molecule has 0 atom stereocenters. The van der Waals surface area contributed by atoms with Gasteiger partial charge in [0, 0.05) is 0 Å². The summed E-state index contributed by atoms with van der Waals surface area (Å²) in [7, 11) is -4.01.